The number of benzene rings is 3. The van der Waals surface area contributed by atoms with Gasteiger partial charge in [-0.05, 0) is 59.7 Å². The summed E-state index contributed by atoms with van der Waals surface area (Å²) in [6.07, 6.45) is 0. The Morgan fingerprint density at radius 2 is 1.65 bits per heavy atom. The lowest BCUT2D eigenvalue weighted by Crippen LogP contribution is -2.42. The standard InChI is InChI=1S/C31H31ClN4O4/c1-38-25-10-4-22(5-11-25)28-27-29(34-33-28)31(37)36(15-14-35-16-18-39-19-17-35)30(27)23-6-12-26(13-7-23)40-20-21-2-8-24(32)9-3-21/h2-13,30H,14-20H2,1H3,(H,33,34). The Bertz CT molecular complexity index is 1450. The number of aromatic nitrogens is 2. The van der Waals surface area contributed by atoms with E-state index in [2.05, 4.69) is 15.1 Å². The summed E-state index contributed by atoms with van der Waals surface area (Å²) in [7, 11) is 1.64. The molecule has 1 atom stereocenters. The number of aromatic amines is 1. The van der Waals surface area contributed by atoms with E-state index < -0.39 is 0 Å². The predicted octanol–water partition coefficient (Wildman–Crippen LogP) is 5.20. The zero-order chi connectivity index (χ0) is 27.5. The zero-order valence-electron chi connectivity index (χ0n) is 22.3. The maximum absolute atomic E-state index is 13.7. The minimum atomic E-state index is -0.273. The SMILES string of the molecule is COc1ccc(-c2n[nH]c3c2C(c2ccc(OCc4ccc(Cl)cc4)cc2)N(CCN2CCOCC2)C3=O)cc1. The molecule has 1 N–H and O–H groups in total. The molecule has 1 aromatic heterocycles. The van der Waals surface area contributed by atoms with Crippen LogP contribution >= 0.6 is 11.6 Å². The van der Waals surface area contributed by atoms with Gasteiger partial charge in [0.05, 0.1) is 32.1 Å². The molecule has 206 valence electrons. The van der Waals surface area contributed by atoms with Gasteiger partial charge in [-0.25, -0.2) is 0 Å². The highest BCUT2D eigenvalue weighted by Gasteiger charge is 2.42. The summed E-state index contributed by atoms with van der Waals surface area (Å²) in [6.45, 7) is 5.01. The molecule has 3 aromatic carbocycles. The molecule has 2 aliphatic heterocycles. The van der Waals surface area contributed by atoms with Crippen LogP contribution in [0.3, 0.4) is 0 Å². The molecule has 8 nitrogen and oxygen atoms in total. The van der Waals surface area contributed by atoms with Crippen molar-refractivity contribution in [2.75, 3.05) is 46.5 Å². The van der Waals surface area contributed by atoms with E-state index in [1.165, 1.54) is 0 Å². The minimum Gasteiger partial charge on any atom is -0.497 e. The molecule has 0 radical (unpaired) electrons. The molecule has 0 aliphatic carbocycles. The number of nitrogens with one attached hydrogen (secondary N) is 1. The van der Waals surface area contributed by atoms with Crippen LogP contribution in [0.1, 0.15) is 33.2 Å². The quantitative estimate of drug-likeness (QED) is 0.304. The molecule has 6 rings (SSSR count). The molecular formula is C31H31ClN4O4. The minimum absolute atomic E-state index is 0.0383. The van der Waals surface area contributed by atoms with Crippen LogP contribution in [-0.2, 0) is 11.3 Å². The highest BCUT2D eigenvalue weighted by Crippen LogP contribution is 2.43. The van der Waals surface area contributed by atoms with Gasteiger partial charge in [0, 0.05) is 42.3 Å². The van der Waals surface area contributed by atoms with Crippen LogP contribution in [-0.4, -0.2) is 72.4 Å². The van der Waals surface area contributed by atoms with Crippen LogP contribution in [0.2, 0.25) is 5.02 Å². The molecule has 9 heteroatoms. The molecule has 2 aliphatic rings. The van der Waals surface area contributed by atoms with Gasteiger partial charge in [-0.15, -0.1) is 0 Å². The first-order valence-electron chi connectivity index (χ1n) is 13.4. The Balaban J connectivity index is 1.28. The van der Waals surface area contributed by atoms with Gasteiger partial charge in [-0.1, -0.05) is 35.9 Å². The lowest BCUT2D eigenvalue weighted by atomic mass is 9.96. The molecule has 0 bridgehead atoms. The molecule has 40 heavy (non-hydrogen) atoms. The lowest BCUT2D eigenvalue weighted by Gasteiger charge is -2.31. The highest BCUT2D eigenvalue weighted by molar-refractivity contribution is 6.30. The van der Waals surface area contributed by atoms with Gasteiger partial charge >= 0.3 is 0 Å². The largest absolute Gasteiger partial charge is 0.497 e. The third-order valence-corrected chi connectivity index (χ3v) is 7.75. The van der Waals surface area contributed by atoms with E-state index in [1.807, 2.05) is 77.7 Å². The summed E-state index contributed by atoms with van der Waals surface area (Å²) in [5.41, 5.74) is 5.18. The second-order valence-electron chi connectivity index (χ2n) is 9.93. The normalized spacial score (nSPS) is 17.2. The maximum Gasteiger partial charge on any atom is 0.273 e. The van der Waals surface area contributed by atoms with Gasteiger partial charge in [-0.2, -0.15) is 5.10 Å². The van der Waals surface area contributed by atoms with Crippen molar-refractivity contribution < 1.29 is 19.0 Å². The third-order valence-electron chi connectivity index (χ3n) is 7.50. The first kappa shape index (κ1) is 26.4. The number of morpholine rings is 1. The van der Waals surface area contributed by atoms with Crippen LogP contribution in [0.4, 0.5) is 0 Å². The molecule has 3 heterocycles. The fourth-order valence-corrected chi connectivity index (χ4v) is 5.44. The summed E-state index contributed by atoms with van der Waals surface area (Å²) in [6, 6.07) is 23.1. The first-order chi connectivity index (χ1) is 19.6. The number of H-pyrrole nitrogens is 1. The molecule has 1 amide bonds. The van der Waals surface area contributed by atoms with Crippen LogP contribution in [0.5, 0.6) is 11.5 Å². The lowest BCUT2D eigenvalue weighted by molar-refractivity contribution is 0.0316. The zero-order valence-corrected chi connectivity index (χ0v) is 23.1. The van der Waals surface area contributed by atoms with Gasteiger partial charge in [0.2, 0.25) is 0 Å². The summed E-state index contributed by atoms with van der Waals surface area (Å²) in [5, 5.41) is 8.33. The smallest absolute Gasteiger partial charge is 0.273 e. The van der Waals surface area contributed by atoms with Crippen molar-refractivity contribution in [3.63, 3.8) is 0 Å². The monoisotopic (exact) mass is 558 g/mol. The molecule has 0 spiro atoms. The fourth-order valence-electron chi connectivity index (χ4n) is 5.31. The summed E-state index contributed by atoms with van der Waals surface area (Å²) in [4.78, 5) is 18.0. The van der Waals surface area contributed by atoms with Crippen molar-refractivity contribution in [1.82, 2.24) is 20.0 Å². The second-order valence-corrected chi connectivity index (χ2v) is 10.4. The van der Waals surface area contributed by atoms with Crippen molar-refractivity contribution in [1.29, 1.82) is 0 Å². The number of hydrogen-bond donors (Lipinski definition) is 1. The average molecular weight is 559 g/mol. The Hall–Kier alpha value is -3.85. The van der Waals surface area contributed by atoms with E-state index in [1.54, 1.807) is 7.11 Å². The Morgan fingerprint density at radius 3 is 2.35 bits per heavy atom. The second kappa shape index (κ2) is 11.7. The number of hydrogen-bond acceptors (Lipinski definition) is 6. The number of rotatable bonds is 9. The van der Waals surface area contributed by atoms with Crippen LogP contribution in [0.15, 0.2) is 72.8 Å². The number of nitrogens with zero attached hydrogens (tertiary/aromatic N) is 3. The van der Waals surface area contributed by atoms with Gasteiger partial charge < -0.3 is 19.1 Å². The van der Waals surface area contributed by atoms with Gasteiger partial charge in [0.15, 0.2) is 0 Å². The van der Waals surface area contributed by atoms with Gasteiger partial charge in [-0.3, -0.25) is 14.8 Å². The van der Waals surface area contributed by atoms with E-state index in [0.717, 1.165) is 72.3 Å². The number of carbonyl (C=O) groups is 1. The molecule has 1 saturated heterocycles. The van der Waals surface area contributed by atoms with Crippen molar-refractivity contribution in [3.8, 4) is 22.8 Å². The number of amides is 1. The summed E-state index contributed by atoms with van der Waals surface area (Å²) >= 11 is 6.00. The Labute approximate surface area is 238 Å². The highest BCUT2D eigenvalue weighted by atomic mass is 35.5. The average Bonchev–Trinajstić information content (AvgIpc) is 3.55. The Morgan fingerprint density at radius 1 is 0.950 bits per heavy atom. The number of carbonyl (C=O) groups excluding carboxylic acids is 1. The predicted molar refractivity (Wildman–Crippen MR) is 153 cm³/mol. The Kier molecular flexibility index (Phi) is 7.73. The number of methoxy groups -OCH3 is 1. The molecule has 4 aromatic rings. The first-order valence-corrected chi connectivity index (χ1v) is 13.8. The van der Waals surface area contributed by atoms with E-state index in [9.17, 15) is 4.79 Å². The van der Waals surface area contributed by atoms with Crippen molar-refractivity contribution in [3.05, 3.63) is 100 Å². The van der Waals surface area contributed by atoms with Gasteiger partial charge in [0.1, 0.15) is 23.8 Å². The van der Waals surface area contributed by atoms with Crippen LogP contribution in [0.25, 0.3) is 11.3 Å². The topological polar surface area (TPSA) is 79.9 Å². The summed E-state index contributed by atoms with van der Waals surface area (Å²) < 4.78 is 16.9. The summed E-state index contributed by atoms with van der Waals surface area (Å²) in [5.74, 6) is 1.49. The van der Waals surface area contributed by atoms with Crippen molar-refractivity contribution >= 4 is 17.5 Å². The maximum atomic E-state index is 13.7. The van der Waals surface area contributed by atoms with E-state index in [0.29, 0.717) is 23.9 Å². The van der Waals surface area contributed by atoms with Crippen LogP contribution in [0, 0.1) is 0 Å². The van der Waals surface area contributed by atoms with E-state index in [4.69, 9.17) is 25.8 Å². The third kappa shape index (κ3) is 5.43. The molecule has 0 saturated carbocycles. The molecule has 1 fully saturated rings. The number of ether oxygens (including phenoxy) is 3. The number of fused-ring (bicyclic) bond motifs is 1. The fraction of sp³-hybridized carbons (Fsp3) is 0.290. The van der Waals surface area contributed by atoms with E-state index in [-0.39, 0.29) is 11.9 Å². The van der Waals surface area contributed by atoms with Crippen molar-refractivity contribution in [2.45, 2.75) is 12.6 Å². The molecular weight excluding hydrogens is 528 g/mol. The molecule has 1 unspecified atom stereocenters. The van der Waals surface area contributed by atoms with Crippen molar-refractivity contribution in [2.24, 2.45) is 0 Å². The van der Waals surface area contributed by atoms with Gasteiger partial charge in [0.25, 0.3) is 5.91 Å². The number of halogens is 1. The van der Waals surface area contributed by atoms with E-state index >= 15 is 0 Å². The van der Waals surface area contributed by atoms with Crippen LogP contribution < -0.4 is 9.47 Å².